The van der Waals surface area contributed by atoms with Crippen molar-refractivity contribution >= 4 is 50.7 Å². The van der Waals surface area contributed by atoms with E-state index in [4.69, 9.17) is 27.9 Å². The average Bonchev–Trinajstić information content (AvgIpc) is 2.75. The molecule has 0 fully saturated rings. The Morgan fingerprint density at radius 3 is 2.23 bits per heavy atom. The molecule has 2 rings (SSSR count). The third kappa shape index (κ3) is 8.30. The molecule has 8 nitrogen and oxygen atoms in total. The maximum absolute atomic E-state index is 13.6. The number of ether oxygens (including phenoxy) is 1. The van der Waals surface area contributed by atoms with Gasteiger partial charge in [0.25, 0.3) is 0 Å². The Morgan fingerprint density at radius 1 is 1.09 bits per heavy atom. The summed E-state index contributed by atoms with van der Waals surface area (Å²) >= 11 is 12.2. The van der Waals surface area contributed by atoms with Crippen molar-refractivity contribution in [1.29, 1.82) is 0 Å². The first kappa shape index (κ1) is 28.7. The van der Waals surface area contributed by atoms with Crippen LogP contribution in [0.25, 0.3) is 0 Å². The van der Waals surface area contributed by atoms with E-state index in [9.17, 15) is 18.0 Å². The Morgan fingerprint density at radius 2 is 1.71 bits per heavy atom. The van der Waals surface area contributed by atoms with E-state index in [0.29, 0.717) is 12.2 Å². The highest BCUT2D eigenvalue weighted by atomic mass is 35.5. The van der Waals surface area contributed by atoms with Crippen LogP contribution in [-0.4, -0.2) is 57.1 Å². The molecule has 0 aliphatic rings. The third-order valence-electron chi connectivity index (χ3n) is 5.12. The van der Waals surface area contributed by atoms with E-state index in [1.54, 1.807) is 31.2 Å². The van der Waals surface area contributed by atoms with Crippen LogP contribution < -0.4 is 14.4 Å². The fourth-order valence-electron chi connectivity index (χ4n) is 3.56. The number of hydrogen-bond acceptors (Lipinski definition) is 5. The van der Waals surface area contributed by atoms with E-state index in [0.717, 1.165) is 16.1 Å². The second kappa shape index (κ2) is 12.5. The van der Waals surface area contributed by atoms with E-state index in [2.05, 4.69) is 5.32 Å². The molecule has 0 spiro atoms. The number of halogens is 2. The lowest BCUT2D eigenvalue weighted by molar-refractivity contribution is -0.140. The summed E-state index contributed by atoms with van der Waals surface area (Å²) in [5, 5.41) is 3.30. The lowest BCUT2D eigenvalue weighted by atomic mass is 10.1. The number of nitrogens with one attached hydrogen (secondary N) is 1. The van der Waals surface area contributed by atoms with Crippen molar-refractivity contribution in [2.75, 3.05) is 24.2 Å². The van der Waals surface area contributed by atoms with Crippen LogP contribution in [0.15, 0.2) is 42.5 Å². The van der Waals surface area contributed by atoms with Gasteiger partial charge in [-0.2, -0.15) is 0 Å². The van der Waals surface area contributed by atoms with Crippen molar-refractivity contribution in [2.45, 2.75) is 45.8 Å². The van der Waals surface area contributed by atoms with E-state index in [1.165, 1.54) is 30.2 Å². The van der Waals surface area contributed by atoms with Gasteiger partial charge in [-0.3, -0.25) is 13.9 Å². The van der Waals surface area contributed by atoms with E-state index in [-0.39, 0.29) is 34.2 Å². The Hall–Kier alpha value is -2.49. The molecule has 0 aliphatic carbocycles. The number of amides is 2. The molecule has 192 valence electrons. The molecule has 0 bridgehead atoms. The van der Waals surface area contributed by atoms with Gasteiger partial charge in [-0.25, -0.2) is 8.42 Å². The van der Waals surface area contributed by atoms with E-state index in [1.807, 2.05) is 13.8 Å². The zero-order valence-electron chi connectivity index (χ0n) is 20.4. The highest BCUT2D eigenvalue weighted by Gasteiger charge is 2.32. The van der Waals surface area contributed by atoms with Crippen LogP contribution in [0, 0.1) is 0 Å². The molecule has 2 aromatic carbocycles. The highest BCUT2D eigenvalue weighted by molar-refractivity contribution is 7.92. The van der Waals surface area contributed by atoms with Crippen LogP contribution in [0.3, 0.4) is 0 Å². The zero-order valence-corrected chi connectivity index (χ0v) is 22.7. The predicted octanol–water partition coefficient (Wildman–Crippen LogP) is 4.10. The summed E-state index contributed by atoms with van der Waals surface area (Å²) in [6, 6.07) is 10.5. The number of methoxy groups -OCH3 is 1. The van der Waals surface area contributed by atoms with Gasteiger partial charge in [0.15, 0.2) is 0 Å². The highest BCUT2D eigenvalue weighted by Crippen LogP contribution is 2.27. The molecular weight excluding hydrogens is 513 g/mol. The van der Waals surface area contributed by atoms with Gasteiger partial charge in [0, 0.05) is 22.6 Å². The van der Waals surface area contributed by atoms with Crippen LogP contribution in [0.4, 0.5) is 5.69 Å². The number of benzene rings is 2. The van der Waals surface area contributed by atoms with Gasteiger partial charge >= 0.3 is 0 Å². The molecule has 11 heteroatoms. The summed E-state index contributed by atoms with van der Waals surface area (Å²) in [6.45, 7) is 4.99. The molecule has 0 aliphatic heterocycles. The molecule has 0 saturated carbocycles. The van der Waals surface area contributed by atoms with Crippen molar-refractivity contribution < 1.29 is 22.7 Å². The predicted molar refractivity (Wildman–Crippen MR) is 140 cm³/mol. The second-order valence-corrected chi connectivity index (χ2v) is 11.1. The minimum atomic E-state index is -3.89. The molecular formula is C24H31Cl2N3O5S. The summed E-state index contributed by atoms with van der Waals surface area (Å²) < 4.78 is 31.5. The second-order valence-electron chi connectivity index (χ2n) is 8.36. The van der Waals surface area contributed by atoms with Gasteiger partial charge in [0.1, 0.15) is 18.3 Å². The molecule has 0 heterocycles. The normalized spacial score (nSPS) is 12.2. The van der Waals surface area contributed by atoms with Gasteiger partial charge in [-0.1, -0.05) is 42.3 Å². The first-order valence-corrected chi connectivity index (χ1v) is 13.6. The maximum Gasteiger partial charge on any atom is 0.244 e. The molecule has 0 saturated heterocycles. The van der Waals surface area contributed by atoms with Crippen LogP contribution in [-0.2, 0) is 26.2 Å². The molecule has 1 N–H and O–H groups in total. The van der Waals surface area contributed by atoms with Crippen LogP contribution in [0.1, 0.15) is 32.8 Å². The molecule has 35 heavy (non-hydrogen) atoms. The van der Waals surface area contributed by atoms with Crippen molar-refractivity contribution in [3.8, 4) is 5.75 Å². The summed E-state index contributed by atoms with van der Waals surface area (Å²) in [5.74, 6) is -0.281. The Labute approximate surface area is 217 Å². The topological polar surface area (TPSA) is 96.0 Å². The third-order valence-corrected chi connectivity index (χ3v) is 6.70. The lowest BCUT2D eigenvalue weighted by Gasteiger charge is -2.33. The first-order valence-electron chi connectivity index (χ1n) is 11.0. The maximum atomic E-state index is 13.6. The minimum absolute atomic E-state index is 0.0773. The lowest BCUT2D eigenvalue weighted by Crippen LogP contribution is -2.53. The van der Waals surface area contributed by atoms with Crippen molar-refractivity contribution in [1.82, 2.24) is 10.2 Å². The van der Waals surface area contributed by atoms with Gasteiger partial charge in [0.05, 0.1) is 19.1 Å². The number of sulfonamides is 1. The summed E-state index contributed by atoms with van der Waals surface area (Å²) in [6.07, 6.45) is 1.32. The number of carbonyl (C=O) groups excluding carboxylic acids is 2. The molecule has 0 aromatic heterocycles. The first-order chi connectivity index (χ1) is 16.3. The van der Waals surface area contributed by atoms with Crippen molar-refractivity contribution in [3.05, 3.63) is 58.1 Å². The smallest absolute Gasteiger partial charge is 0.244 e. The minimum Gasteiger partial charge on any atom is -0.497 e. The molecule has 1 atom stereocenters. The zero-order chi connectivity index (χ0) is 26.3. The molecule has 0 unspecified atom stereocenters. The van der Waals surface area contributed by atoms with Gasteiger partial charge in [-0.15, -0.1) is 0 Å². The van der Waals surface area contributed by atoms with Crippen molar-refractivity contribution in [3.63, 3.8) is 0 Å². The average molecular weight is 545 g/mol. The fourth-order valence-corrected chi connectivity index (χ4v) is 4.91. The summed E-state index contributed by atoms with van der Waals surface area (Å²) in [5.41, 5.74) is 0.879. The van der Waals surface area contributed by atoms with Gasteiger partial charge in [0.2, 0.25) is 21.8 Å². The Kier molecular flexibility index (Phi) is 10.2. The number of anilines is 1. The fraction of sp³-hybridized carbons (Fsp3) is 0.417. The summed E-state index contributed by atoms with van der Waals surface area (Å²) in [7, 11) is -2.35. The van der Waals surface area contributed by atoms with E-state index < -0.39 is 28.5 Å². The quantitative estimate of drug-likeness (QED) is 0.460. The SMILES string of the molecule is CC[C@@H](C(=O)NC(C)C)N(Cc1cccc(OC)c1)C(=O)CN(c1cc(Cl)cc(Cl)c1)S(C)(=O)=O. The Bertz CT molecular complexity index is 1140. The Balaban J connectivity index is 2.49. The van der Waals surface area contributed by atoms with Crippen LogP contribution in [0.5, 0.6) is 5.75 Å². The monoisotopic (exact) mass is 543 g/mol. The van der Waals surface area contributed by atoms with Crippen molar-refractivity contribution in [2.24, 2.45) is 0 Å². The van der Waals surface area contributed by atoms with E-state index >= 15 is 0 Å². The van der Waals surface area contributed by atoms with Crippen LogP contribution in [0.2, 0.25) is 10.0 Å². The van der Waals surface area contributed by atoms with Gasteiger partial charge < -0.3 is 15.0 Å². The molecule has 0 radical (unpaired) electrons. The number of rotatable bonds is 11. The van der Waals surface area contributed by atoms with Gasteiger partial charge in [-0.05, 0) is 56.2 Å². The number of hydrogen-bond donors (Lipinski definition) is 1. The number of nitrogens with zero attached hydrogens (tertiary/aromatic N) is 2. The van der Waals surface area contributed by atoms with Crippen LogP contribution >= 0.6 is 23.2 Å². The summed E-state index contributed by atoms with van der Waals surface area (Å²) in [4.78, 5) is 28.0. The standard InChI is InChI=1S/C24H31Cl2N3O5S/c1-6-22(24(31)27-16(2)3)28(14-17-8-7-9-21(10-17)34-4)23(30)15-29(35(5,32)33)20-12-18(25)11-19(26)13-20/h7-13,16,22H,6,14-15H2,1-5H3,(H,27,31)/t22-/m0/s1. The largest absolute Gasteiger partial charge is 0.497 e. The number of carbonyl (C=O) groups is 2. The molecule has 2 amide bonds. The molecule has 2 aromatic rings.